The number of hydrogen-bond donors (Lipinski definition) is 1. The highest BCUT2D eigenvalue weighted by Gasteiger charge is 2.21. The molecule has 3 aromatic rings. The maximum Gasteiger partial charge on any atom is 0.258 e. The molecule has 0 saturated heterocycles. The zero-order valence-corrected chi connectivity index (χ0v) is 13.2. The van der Waals surface area contributed by atoms with Crippen LogP contribution in [0.5, 0.6) is 0 Å². The van der Waals surface area contributed by atoms with Crippen molar-refractivity contribution in [2.24, 2.45) is 0 Å². The molecule has 6 nitrogen and oxygen atoms in total. The van der Waals surface area contributed by atoms with Gasteiger partial charge in [0.25, 0.3) is 5.91 Å². The third-order valence-electron chi connectivity index (χ3n) is 4.33. The average Bonchev–Trinajstić information content (AvgIpc) is 3.26. The second-order valence-corrected chi connectivity index (χ2v) is 6.03. The Morgan fingerprint density at radius 1 is 1.21 bits per heavy atom. The molecule has 0 saturated carbocycles. The Hall–Kier alpha value is -2.89. The number of hydrogen-bond acceptors (Lipinski definition) is 4. The molecule has 24 heavy (non-hydrogen) atoms. The Morgan fingerprint density at radius 2 is 2.04 bits per heavy atom. The molecule has 2 heterocycles. The van der Waals surface area contributed by atoms with Crippen LogP contribution in [0.25, 0.3) is 0 Å². The van der Waals surface area contributed by atoms with E-state index in [1.807, 2.05) is 35.0 Å². The topological polar surface area (TPSA) is 73.0 Å². The number of imidazole rings is 1. The molecule has 0 radical (unpaired) electrons. The summed E-state index contributed by atoms with van der Waals surface area (Å²) in [6.45, 7) is 0.734. The van der Waals surface area contributed by atoms with Crippen LogP contribution >= 0.6 is 0 Å². The fourth-order valence-corrected chi connectivity index (χ4v) is 3.02. The zero-order chi connectivity index (χ0) is 16.4. The van der Waals surface area contributed by atoms with Crippen LogP contribution in [0.3, 0.4) is 0 Å². The summed E-state index contributed by atoms with van der Waals surface area (Å²) in [5, 5.41) is 6.91. The minimum atomic E-state index is -0.172. The number of aryl methyl sites for hydroxylation is 1. The van der Waals surface area contributed by atoms with E-state index in [1.165, 1.54) is 0 Å². The predicted octanol–water partition coefficient (Wildman–Crippen LogP) is 3.05. The fraction of sp³-hybridized carbons (Fsp3) is 0.278. The minimum Gasteiger partial charge on any atom is -0.338 e. The summed E-state index contributed by atoms with van der Waals surface area (Å²) < 4.78 is 7.29. The standard InChI is InChI=1S/C18H18N4O2/c23-17(20-18-15-3-1-2-4-16(15)21-24-18)14-7-5-13(6-8-14)11-22-10-9-19-12-22/h5-10,12H,1-4,11H2,(H,20,23). The van der Waals surface area contributed by atoms with Gasteiger partial charge in [-0.15, -0.1) is 0 Å². The third-order valence-corrected chi connectivity index (χ3v) is 4.33. The van der Waals surface area contributed by atoms with Gasteiger partial charge in [0, 0.05) is 30.1 Å². The van der Waals surface area contributed by atoms with E-state index >= 15 is 0 Å². The molecule has 122 valence electrons. The molecule has 0 bridgehead atoms. The lowest BCUT2D eigenvalue weighted by molar-refractivity contribution is 0.102. The van der Waals surface area contributed by atoms with Crippen molar-refractivity contribution in [2.45, 2.75) is 32.2 Å². The monoisotopic (exact) mass is 322 g/mol. The van der Waals surface area contributed by atoms with Gasteiger partial charge >= 0.3 is 0 Å². The van der Waals surface area contributed by atoms with Crippen molar-refractivity contribution in [3.8, 4) is 0 Å². The Bertz CT molecular complexity index is 835. The number of fused-ring (bicyclic) bond motifs is 1. The van der Waals surface area contributed by atoms with Gasteiger partial charge in [0.1, 0.15) is 0 Å². The zero-order valence-electron chi connectivity index (χ0n) is 13.2. The summed E-state index contributed by atoms with van der Waals surface area (Å²) in [5.74, 6) is 0.325. The average molecular weight is 322 g/mol. The van der Waals surface area contributed by atoms with Crippen molar-refractivity contribution >= 4 is 11.8 Å². The van der Waals surface area contributed by atoms with Crippen molar-refractivity contribution < 1.29 is 9.32 Å². The van der Waals surface area contributed by atoms with Gasteiger partial charge in [0.15, 0.2) is 0 Å². The van der Waals surface area contributed by atoms with Gasteiger partial charge in [-0.05, 0) is 43.4 Å². The van der Waals surface area contributed by atoms with E-state index in [0.29, 0.717) is 11.4 Å². The normalized spacial score (nSPS) is 13.5. The molecule has 1 aliphatic carbocycles. The minimum absolute atomic E-state index is 0.172. The molecule has 2 aromatic heterocycles. The molecule has 0 unspecified atom stereocenters. The summed E-state index contributed by atoms with van der Waals surface area (Å²) in [7, 11) is 0. The van der Waals surface area contributed by atoms with Crippen molar-refractivity contribution in [1.82, 2.24) is 14.7 Å². The van der Waals surface area contributed by atoms with E-state index < -0.39 is 0 Å². The number of nitrogens with zero attached hydrogens (tertiary/aromatic N) is 3. The molecule has 0 aliphatic heterocycles. The molecular formula is C18H18N4O2. The predicted molar refractivity (Wildman–Crippen MR) is 88.9 cm³/mol. The highest BCUT2D eigenvalue weighted by Crippen LogP contribution is 2.27. The summed E-state index contributed by atoms with van der Waals surface area (Å²) in [5.41, 5.74) is 3.74. The number of aromatic nitrogens is 3. The molecule has 0 atom stereocenters. The summed E-state index contributed by atoms with van der Waals surface area (Å²) in [6.07, 6.45) is 9.52. The smallest absolute Gasteiger partial charge is 0.258 e. The van der Waals surface area contributed by atoms with E-state index in [2.05, 4.69) is 15.5 Å². The number of benzene rings is 1. The second-order valence-electron chi connectivity index (χ2n) is 6.03. The first kappa shape index (κ1) is 14.7. The van der Waals surface area contributed by atoms with Crippen molar-refractivity contribution in [1.29, 1.82) is 0 Å². The maximum atomic E-state index is 12.4. The van der Waals surface area contributed by atoms with E-state index in [-0.39, 0.29) is 5.91 Å². The first-order valence-corrected chi connectivity index (χ1v) is 8.13. The van der Waals surface area contributed by atoms with Crippen molar-refractivity contribution in [2.75, 3.05) is 5.32 Å². The molecule has 4 rings (SSSR count). The summed E-state index contributed by atoms with van der Waals surface area (Å²) in [4.78, 5) is 16.4. The number of nitrogens with one attached hydrogen (secondary N) is 1. The Labute approximate surface area is 139 Å². The molecule has 1 aliphatic rings. The van der Waals surface area contributed by atoms with Gasteiger partial charge in [-0.25, -0.2) is 4.98 Å². The fourth-order valence-electron chi connectivity index (χ4n) is 3.02. The van der Waals surface area contributed by atoms with E-state index in [4.69, 9.17) is 4.52 Å². The molecule has 1 amide bonds. The Morgan fingerprint density at radius 3 is 2.83 bits per heavy atom. The molecular weight excluding hydrogens is 304 g/mol. The summed E-state index contributed by atoms with van der Waals surface area (Å²) >= 11 is 0. The van der Waals surface area contributed by atoms with Crippen LogP contribution in [0.15, 0.2) is 47.5 Å². The van der Waals surface area contributed by atoms with Gasteiger partial charge in [-0.2, -0.15) is 0 Å². The van der Waals surface area contributed by atoms with Gasteiger partial charge in [0.05, 0.1) is 12.0 Å². The first-order valence-electron chi connectivity index (χ1n) is 8.13. The number of amides is 1. The van der Waals surface area contributed by atoms with Crippen molar-refractivity contribution in [3.63, 3.8) is 0 Å². The third kappa shape index (κ3) is 2.95. The number of carbonyl (C=O) groups excluding carboxylic acids is 1. The van der Waals surface area contributed by atoms with Gasteiger partial charge in [0.2, 0.25) is 5.88 Å². The molecule has 1 aromatic carbocycles. The van der Waals surface area contributed by atoms with Gasteiger partial charge in [-0.1, -0.05) is 17.3 Å². The van der Waals surface area contributed by atoms with E-state index in [9.17, 15) is 4.79 Å². The van der Waals surface area contributed by atoms with E-state index in [1.54, 1.807) is 12.5 Å². The second kappa shape index (κ2) is 6.31. The highest BCUT2D eigenvalue weighted by atomic mass is 16.5. The largest absolute Gasteiger partial charge is 0.338 e. The number of carbonyl (C=O) groups is 1. The van der Waals surface area contributed by atoms with Crippen LogP contribution in [-0.4, -0.2) is 20.6 Å². The first-order chi connectivity index (χ1) is 11.8. The number of anilines is 1. The van der Waals surface area contributed by atoms with Crippen LogP contribution in [0.4, 0.5) is 5.88 Å². The van der Waals surface area contributed by atoms with Crippen LogP contribution in [0, 0.1) is 0 Å². The summed E-state index contributed by atoms with van der Waals surface area (Å²) in [6, 6.07) is 7.55. The molecule has 6 heteroatoms. The van der Waals surface area contributed by atoms with Crippen LogP contribution in [-0.2, 0) is 19.4 Å². The van der Waals surface area contributed by atoms with Crippen LogP contribution < -0.4 is 5.32 Å². The van der Waals surface area contributed by atoms with Gasteiger partial charge in [-0.3, -0.25) is 10.1 Å². The quantitative estimate of drug-likeness (QED) is 0.801. The van der Waals surface area contributed by atoms with Crippen LogP contribution in [0.1, 0.15) is 40.0 Å². The number of rotatable bonds is 4. The Balaban J connectivity index is 1.45. The lowest BCUT2D eigenvalue weighted by Crippen LogP contribution is -2.13. The molecule has 0 spiro atoms. The van der Waals surface area contributed by atoms with E-state index in [0.717, 1.165) is 49.0 Å². The van der Waals surface area contributed by atoms with Crippen molar-refractivity contribution in [3.05, 3.63) is 65.4 Å². The molecule has 1 N–H and O–H groups in total. The van der Waals surface area contributed by atoms with Gasteiger partial charge < -0.3 is 9.09 Å². The lowest BCUT2D eigenvalue weighted by atomic mass is 9.97. The van der Waals surface area contributed by atoms with Crippen LogP contribution in [0.2, 0.25) is 0 Å². The Kier molecular flexibility index (Phi) is 3.86. The highest BCUT2D eigenvalue weighted by molar-refractivity contribution is 6.03. The maximum absolute atomic E-state index is 12.4. The molecule has 0 fully saturated rings. The SMILES string of the molecule is O=C(Nc1onc2c1CCCC2)c1ccc(Cn2ccnc2)cc1. The lowest BCUT2D eigenvalue weighted by Gasteiger charge is -2.10.